The molecule has 33 heavy (non-hydrogen) atoms. The average Bonchev–Trinajstić information content (AvgIpc) is 2.97. The van der Waals surface area contributed by atoms with Crippen LogP contribution in [0.25, 0.3) is 0 Å². The standard InChI is InChI=1S/C22H30ClF3N4O3/c1-21(2,3)33-20(32)30-9-5-15(6-10-30)19(31)29-8-4-7-28(11-12-29)18-17(23)13-16(14-27-18)22(24,25)26/h13-15H,4-12H2,1-3H3. The van der Waals surface area contributed by atoms with Crippen LogP contribution in [0.3, 0.4) is 0 Å². The van der Waals surface area contributed by atoms with E-state index < -0.39 is 17.3 Å². The molecule has 0 atom stereocenters. The van der Waals surface area contributed by atoms with Gasteiger partial charge in [0.1, 0.15) is 11.4 Å². The van der Waals surface area contributed by atoms with Crippen LogP contribution in [0.15, 0.2) is 12.3 Å². The number of halogens is 4. The lowest BCUT2D eigenvalue weighted by atomic mass is 9.95. The molecule has 0 unspecified atom stereocenters. The van der Waals surface area contributed by atoms with Crippen molar-refractivity contribution in [2.75, 3.05) is 44.2 Å². The number of rotatable bonds is 2. The largest absolute Gasteiger partial charge is 0.444 e. The number of amides is 2. The summed E-state index contributed by atoms with van der Waals surface area (Å²) in [6, 6.07) is 0.885. The summed E-state index contributed by atoms with van der Waals surface area (Å²) in [6.07, 6.45) is -2.28. The zero-order valence-electron chi connectivity index (χ0n) is 19.1. The van der Waals surface area contributed by atoms with Gasteiger partial charge < -0.3 is 19.4 Å². The summed E-state index contributed by atoms with van der Waals surface area (Å²) >= 11 is 6.09. The molecule has 2 fully saturated rings. The number of anilines is 1. The minimum atomic E-state index is -4.50. The fourth-order valence-electron chi connectivity index (χ4n) is 4.06. The van der Waals surface area contributed by atoms with Crippen molar-refractivity contribution in [3.63, 3.8) is 0 Å². The molecule has 2 saturated heterocycles. The molecule has 7 nitrogen and oxygen atoms in total. The van der Waals surface area contributed by atoms with E-state index in [0.29, 0.717) is 64.3 Å². The van der Waals surface area contributed by atoms with Crippen LogP contribution in [0.5, 0.6) is 0 Å². The summed E-state index contributed by atoms with van der Waals surface area (Å²) in [5.74, 6) is 0.180. The van der Waals surface area contributed by atoms with Crippen molar-refractivity contribution in [3.05, 3.63) is 22.8 Å². The van der Waals surface area contributed by atoms with Crippen molar-refractivity contribution < 1.29 is 27.5 Å². The van der Waals surface area contributed by atoms with Gasteiger partial charge in [0.05, 0.1) is 10.6 Å². The van der Waals surface area contributed by atoms with E-state index in [1.54, 1.807) is 9.80 Å². The fourth-order valence-corrected chi connectivity index (χ4v) is 4.35. The number of aromatic nitrogens is 1. The normalized spacial score (nSPS) is 18.8. The lowest BCUT2D eigenvalue weighted by Crippen LogP contribution is -2.46. The van der Waals surface area contributed by atoms with Crippen molar-refractivity contribution >= 4 is 29.4 Å². The molecule has 2 aliphatic rings. The molecule has 1 aromatic heterocycles. The number of carbonyl (C=O) groups excluding carboxylic acids is 2. The maximum Gasteiger partial charge on any atom is 0.417 e. The van der Waals surface area contributed by atoms with Crippen LogP contribution in [0.4, 0.5) is 23.8 Å². The second-order valence-corrected chi connectivity index (χ2v) is 9.84. The Labute approximate surface area is 196 Å². The smallest absolute Gasteiger partial charge is 0.417 e. The molecule has 3 rings (SSSR count). The van der Waals surface area contributed by atoms with Crippen LogP contribution < -0.4 is 4.90 Å². The number of hydrogen-bond donors (Lipinski definition) is 0. The minimum absolute atomic E-state index is 0.0483. The summed E-state index contributed by atoms with van der Waals surface area (Å²) in [5, 5.41) is -0.0564. The van der Waals surface area contributed by atoms with Crippen molar-refractivity contribution in [2.45, 2.75) is 51.8 Å². The second-order valence-electron chi connectivity index (χ2n) is 9.43. The topological polar surface area (TPSA) is 66.0 Å². The van der Waals surface area contributed by atoms with Crippen LogP contribution in [-0.2, 0) is 15.7 Å². The third-order valence-electron chi connectivity index (χ3n) is 5.75. The minimum Gasteiger partial charge on any atom is -0.444 e. The molecule has 1 aromatic rings. The summed E-state index contributed by atoms with van der Waals surface area (Å²) in [6.45, 7) is 8.35. The number of alkyl halides is 3. The third-order valence-corrected chi connectivity index (χ3v) is 6.03. The highest BCUT2D eigenvalue weighted by atomic mass is 35.5. The van der Waals surface area contributed by atoms with Gasteiger partial charge in [0.2, 0.25) is 5.91 Å². The molecular weight excluding hydrogens is 461 g/mol. The first-order valence-corrected chi connectivity index (χ1v) is 11.5. The number of likely N-dealkylation sites (tertiary alicyclic amines) is 1. The Morgan fingerprint density at radius 3 is 2.27 bits per heavy atom. The van der Waals surface area contributed by atoms with Gasteiger partial charge >= 0.3 is 12.3 Å². The van der Waals surface area contributed by atoms with Gasteiger partial charge in [-0.2, -0.15) is 13.2 Å². The first-order valence-electron chi connectivity index (χ1n) is 11.1. The molecule has 0 spiro atoms. The van der Waals surface area contributed by atoms with Gasteiger partial charge in [0, 0.05) is 51.4 Å². The quantitative estimate of drug-likeness (QED) is 0.613. The molecule has 184 valence electrons. The summed E-state index contributed by atoms with van der Waals surface area (Å²) in [7, 11) is 0. The Balaban J connectivity index is 1.55. The zero-order chi connectivity index (χ0) is 24.4. The van der Waals surface area contributed by atoms with E-state index in [-0.39, 0.29) is 22.9 Å². The molecular formula is C22H30ClF3N4O3. The Morgan fingerprint density at radius 2 is 1.70 bits per heavy atom. The molecule has 3 heterocycles. The highest BCUT2D eigenvalue weighted by Gasteiger charge is 2.34. The third kappa shape index (κ3) is 6.65. The highest BCUT2D eigenvalue weighted by molar-refractivity contribution is 6.33. The van der Waals surface area contributed by atoms with Crippen LogP contribution >= 0.6 is 11.6 Å². The molecule has 11 heteroatoms. The van der Waals surface area contributed by atoms with E-state index in [4.69, 9.17) is 16.3 Å². The van der Waals surface area contributed by atoms with E-state index in [0.717, 1.165) is 12.3 Å². The van der Waals surface area contributed by atoms with Gasteiger partial charge in [-0.05, 0) is 46.1 Å². The van der Waals surface area contributed by atoms with E-state index in [9.17, 15) is 22.8 Å². The highest BCUT2D eigenvalue weighted by Crippen LogP contribution is 2.34. The van der Waals surface area contributed by atoms with Gasteiger partial charge in [-0.1, -0.05) is 11.6 Å². The predicted octanol–water partition coefficient (Wildman–Crippen LogP) is 4.44. The average molecular weight is 491 g/mol. The maximum absolute atomic E-state index is 13.1. The lowest BCUT2D eigenvalue weighted by molar-refractivity contribution is -0.138. The molecule has 2 aliphatic heterocycles. The summed E-state index contributed by atoms with van der Waals surface area (Å²) < 4.78 is 44.0. The SMILES string of the molecule is CC(C)(C)OC(=O)N1CCC(C(=O)N2CCCN(c3ncc(C(F)(F)F)cc3Cl)CC2)CC1. The number of pyridine rings is 1. The Kier molecular flexibility index (Phi) is 7.65. The summed E-state index contributed by atoms with van der Waals surface area (Å²) in [4.78, 5) is 34.5. The lowest BCUT2D eigenvalue weighted by Gasteiger charge is -2.34. The maximum atomic E-state index is 13.1. The Hall–Kier alpha value is -2.23. The number of nitrogens with zero attached hydrogens (tertiary/aromatic N) is 4. The number of carbonyl (C=O) groups is 2. The first-order chi connectivity index (χ1) is 15.3. The first kappa shape index (κ1) is 25.4. The van der Waals surface area contributed by atoms with E-state index in [1.165, 1.54) is 0 Å². The van der Waals surface area contributed by atoms with Gasteiger partial charge in [-0.25, -0.2) is 9.78 Å². The molecule has 0 radical (unpaired) electrons. The van der Waals surface area contributed by atoms with Crippen molar-refractivity contribution in [1.29, 1.82) is 0 Å². The van der Waals surface area contributed by atoms with E-state index >= 15 is 0 Å². The van der Waals surface area contributed by atoms with Gasteiger partial charge in [0.25, 0.3) is 0 Å². The van der Waals surface area contributed by atoms with E-state index in [2.05, 4.69) is 4.98 Å². The number of piperidine rings is 1. The Morgan fingerprint density at radius 1 is 1.03 bits per heavy atom. The fraction of sp³-hybridized carbons (Fsp3) is 0.682. The van der Waals surface area contributed by atoms with Crippen molar-refractivity contribution in [1.82, 2.24) is 14.8 Å². The van der Waals surface area contributed by atoms with Crippen molar-refractivity contribution in [3.8, 4) is 0 Å². The number of hydrogen-bond acceptors (Lipinski definition) is 5. The molecule has 0 saturated carbocycles. The molecule has 2 amide bonds. The van der Waals surface area contributed by atoms with Crippen LogP contribution in [-0.4, -0.2) is 71.7 Å². The van der Waals surface area contributed by atoms with Crippen LogP contribution in [0, 0.1) is 5.92 Å². The van der Waals surface area contributed by atoms with Gasteiger partial charge in [-0.3, -0.25) is 4.79 Å². The monoisotopic (exact) mass is 490 g/mol. The molecule has 0 bridgehead atoms. The molecule has 0 N–H and O–H groups in total. The zero-order valence-corrected chi connectivity index (χ0v) is 19.9. The van der Waals surface area contributed by atoms with Crippen molar-refractivity contribution in [2.24, 2.45) is 5.92 Å². The van der Waals surface area contributed by atoms with Crippen LogP contribution in [0.2, 0.25) is 5.02 Å². The van der Waals surface area contributed by atoms with E-state index in [1.807, 2.05) is 25.7 Å². The second kappa shape index (κ2) is 9.95. The summed E-state index contributed by atoms with van der Waals surface area (Å²) in [5.41, 5.74) is -1.45. The Bertz CT molecular complexity index is 867. The van der Waals surface area contributed by atoms with Gasteiger partial charge in [-0.15, -0.1) is 0 Å². The number of ether oxygens (including phenoxy) is 1. The predicted molar refractivity (Wildman–Crippen MR) is 118 cm³/mol. The molecule has 0 aliphatic carbocycles. The van der Waals surface area contributed by atoms with Gasteiger partial charge in [0.15, 0.2) is 0 Å². The molecule has 0 aromatic carbocycles. The van der Waals surface area contributed by atoms with Crippen LogP contribution in [0.1, 0.15) is 45.6 Å².